The monoisotopic (exact) mass is 246 g/mol. The molecule has 4 heteroatoms. The van der Waals surface area contributed by atoms with Crippen LogP contribution in [0.25, 0.3) is 0 Å². The molecule has 0 aromatic heterocycles. The third-order valence-electron chi connectivity index (χ3n) is 2.10. The number of rotatable bonds is 3. The van der Waals surface area contributed by atoms with Crippen LogP contribution in [0.4, 0.5) is 5.69 Å². The Morgan fingerprint density at radius 1 is 1.12 bits per heavy atom. The molecule has 0 amide bonds. The fourth-order valence-electron chi connectivity index (χ4n) is 1.34. The molecule has 17 heavy (non-hydrogen) atoms. The molecule has 0 aliphatic heterocycles. The predicted molar refractivity (Wildman–Crippen MR) is 70.8 cm³/mol. The zero-order chi connectivity index (χ0) is 12.1. The Hall–Kier alpha value is -2.00. The topological polar surface area (TPSA) is 44.6 Å². The van der Waals surface area contributed by atoms with E-state index in [1.807, 2.05) is 18.2 Å². The van der Waals surface area contributed by atoms with Crippen molar-refractivity contribution in [3.05, 3.63) is 59.1 Å². The quantitative estimate of drug-likeness (QED) is 0.643. The van der Waals surface area contributed by atoms with E-state index in [1.165, 1.54) is 0 Å². The summed E-state index contributed by atoms with van der Waals surface area (Å²) in [6, 6.07) is 14.1. The Labute approximate surface area is 104 Å². The Kier molecular flexibility index (Phi) is 3.62. The maximum atomic E-state index is 9.27. The van der Waals surface area contributed by atoms with Crippen molar-refractivity contribution < 1.29 is 5.11 Å². The van der Waals surface area contributed by atoms with Gasteiger partial charge in [0.05, 0.1) is 11.9 Å². The average molecular weight is 247 g/mol. The maximum Gasteiger partial charge on any atom is 0.116 e. The fourth-order valence-corrected chi connectivity index (χ4v) is 1.53. The number of phenolic OH excluding ortho intramolecular Hbond substituents is 1. The summed E-state index contributed by atoms with van der Waals surface area (Å²) in [6.07, 6.45) is 1.63. The van der Waals surface area contributed by atoms with Crippen LogP contribution in [0, 0.1) is 0 Å². The number of aromatic hydroxyl groups is 1. The van der Waals surface area contributed by atoms with Crippen LogP contribution in [0.2, 0.25) is 5.02 Å². The van der Waals surface area contributed by atoms with Gasteiger partial charge in [0.1, 0.15) is 5.75 Å². The fraction of sp³-hybridized carbons (Fsp3) is 0. The number of hydrogen-bond donors (Lipinski definition) is 2. The molecule has 2 aromatic carbocycles. The third-order valence-corrected chi connectivity index (χ3v) is 2.34. The summed E-state index contributed by atoms with van der Waals surface area (Å²) in [5, 5.41) is 14.0. The number of phenols is 1. The lowest BCUT2D eigenvalue weighted by atomic mass is 10.2. The van der Waals surface area contributed by atoms with E-state index in [0.717, 1.165) is 11.3 Å². The normalized spacial score (nSPS) is 10.6. The van der Waals surface area contributed by atoms with Gasteiger partial charge in [-0.2, -0.15) is 5.10 Å². The van der Waals surface area contributed by atoms with Crippen LogP contribution in [0.3, 0.4) is 0 Å². The van der Waals surface area contributed by atoms with Crippen molar-refractivity contribution >= 4 is 23.5 Å². The number of nitrogens with zero attached hydrogens (tertiary/aromatic N) is 1. The lowest BCUT2D eigenvalue weighted by Gasteiger charge is -2.00. The van der Waals surface area contributed by atoms with E-state index >= 15 is 0 Å². The minimum Gasteiger partial charge on any atom is -0.508 e. The molecule has 0 aliphatic carbocycles. The van der Waals surface area contributed by atoms with Gasteiger partial charge in [-0.05, 0) is 35.9 Å². The van der Waals surface area contributed by atoms with Crippen LogP contribution in [-0.4, -0.2) is 11.3 Å². The number of nitrogens with one attached hydrogen (secondary N) is 1. The number of benzene rings is 2. The van der Waals surface area contributed by atoms with Crippen molar-refractivity contribution in [3.63, 3.8) is 0 Å². The minimum absolute atomic E-state index is 0.219. The molecule has 0 unspecified atom stereocenters. The summed E-state index contributed by atoms with van der Waals surface area (Å²) in [5.74, 6) is 0.219. The first kappa shape index (κ1) is 11.5. The summed E-state index contributed by atoms with van der Waals surface area (Å²) in [4.78, 5) is 0. The van der Waals surface area contributed by atoms with Gasteiger partial charge < -0.3 is 5.11 Å². The second-order valence-electron chi connectivity index (χ2n) is 3.48. The van der Waals surface area contributed by atoms with Crippen molar-refractivity contribution in [2.45, 2.75) is 0 Å². The molecule has 0 saturated carbocycles. The molecule has 0 bridgehead atoms. The van der Waals surface area contributed by atoms with Crippen LogP contribution in [0.5, 0.6) is 5.75 Å². The van der Waals surface area contributed by atoms with Crippen molar-refractivity contribution in [1.29, 1.82) is 0 Å². The van der Waals surface area contributed by atoms with E-state index in [1.54, 1.807) is 36.5 Å². The highest BCUT2D eigenvalue weighted by Crippen LogP contribution is 2.14. The smallest absolute Gasteiger partial charge is 0.116 e. The Morgan fingerprint density at radius 3 is 2.71 bits per heavy atom. The van der Waals surface area contributed by atoms with E-state index in [-0.39, 0.29) is 5.75 Å². The zero-order valence-electron chi connectivity index (χ0n) is 8.97. The van der Waals surface area contributed by atoms with Crippen LogP contribution in [0.1, 0.15) is 5.56 Å². The summed E-state index contributed by atoms with van der Waals surface area (Å²) < 4.78 is 0. The van der Waals surface area contributed by atoms with Crippen LogP contribution >= 0.6 is 11.6 Å². The second kappa shape index (κ2) is 5.37. The van der Waals surface area contributed by atoms with Gasteiger partial charge in [-0.1, -0.05) is 29.8 Å². The van der Waals surface area contributed by atoms with Crippen LogP contribution in [-0.2, 0) is 0 Å². The molecule has 0 aliphatic rings. The Balaban J connectivity index is 2.03. The largest absolute Gasteiger partial charge is 0.508 e. The van der Waals surface area contributed by atoms with Crippen LogP contribution in [0.15, 0.2) is 53.6 Å². The molecule has 86 valence electrons. The predicted octanol–water partition coefficient (Wildman–Crippen LogP) is 3.49. The number of hydrazone groups is 1. The summed E-state index contributed by atoms with van der Waals surface area (Å²) in [6.45, 7) is 0. The van der Waals surface area contributed by atoms with Gasteiger partial charge in [-0.15, -0.1) is 0 Å². The zero-order valence-corrected chi connectivity index (χ0v) is 9.72. The number of anilines is 1. The van der Waals surface area contributed by atoms with Gasteiger partial charge in [0.15, 0.2) is 0 Å². The second-order valence-corrected chi connectivity index (χ2v) is 3.91. The lowest BCUT2D eigenvalue weighted by molar-refractivity contribution is 0.475. The summed E-state index contributed by atoms with van der Waals surface area (Å²) in [7, 11) is 0. The van der Waals surface area contributed by atoms with Crippen molar-refractivity contribution in [2.24, 2.45) is 5.10 Å². The standard InChI is InChI=1S/C13H11ClN2O/c14-11-4-2-5-12(8-11)16-15-9-10-3-1-6-13(17)7-10/h1-9,16-17H/b15-9+. The maximum absolute atomic E-state index is 9.27. The number of halogens is 1. The molecule has 0 atom stereocenters. The summed E-state index contributed by atoms with van der Waals surface area (Å²) in [5.41, 5.74) is 4.49. The van der Waals surface area contributed by atoms with Gasteiger partial charge in [0.25, 0.3) is 0 Å². The molecule has 0 spiro atoms. The van der Waals surface area contributed by atoms with E-state index in [4.69, 9.17) is 11.6 Å². The van der Waals surface area contributed by atoms with Crippen molar-refractivity contribution in [3.8, 4) is 5.75 Å². The minimum atomic E-state index is 0.219. The third kappa shape index (κ3) is 3.50. The van der Waals surface area contributed by atoms with Crippen LogP contribution < -0.4 is 5.43 Å². The molecular formula is C13H11ClN2O. The van der Waals surface area contributed by atoms with Crippen molar-refractivity contribution in [1.82, 2.24) is 0 Å². The highest BCUT2D eigenvalue weighted by atomic mass is 35.5. The highest BCUT2D eigenvalue weighted by Gasteiger charge is 1.92. The Bertz CT molecular complexity index is 540. The molecule has 3 nitrogen and oxygen atoms in total. The molecule has 0 heterocycles. The molecular weight excluding hydrogens is 236 g/mol. The van der Waals surface area contributed by atoms with Gasteiger partial charge >= 0.3 is 0 Å². The first-order valence-electron chi connectivity index (χ1n) is 5.08. The van der Waals surface area contributed by atoms with Gasteiger partial charge in [-0.3, -0.25) is 5.43 Å². The number of hydrogen-bond acceptors (Lipinski definition) is 3. The van der Waals surface area contributed by atoms with E-state index in [2.05, 4.69) is 10.5 Å². The van der Waals surface area contributed by atoms with E-state index in [9.17, 15) is 5.11 Å². The molecule has 2 rings (SSSR count). The molecule has 0 saturated heterocycles. The summed E-state index contributed by atoms with van der Waals surface area (Å²) >= 11 is 5.84. The molecule has 2 aromatic rings. The molecule has 2 N–H and O–H groups in total. The lowest BCUT2D eigenvalue weighted by Crippen LogP contribution is -1.90. The first-order valence-corrected chi connectivity index (χ1v) is 5.45. The average Bonchev–Trinajstić information content (AvgIpc) is 2.29. The van der Waals surface area contributed by atoms with E-state index < -0.39 is 0 Å². The SMILES string of the molecule is Oc1cccc(/C=N/Nc2cccc(Cl)c2)c1. The van der Waals surface area contributed by atoms with Gasteiger partial charge in [0, 0.05) is 5.02 Å². The van der Waals surface area contributed by atoms with Gasteiger partial charge in [-0.25, -0.2) is 0 Å². The Morgan fingerprint density at radius 2 is 1.94 bits per heavy atom. The van der Waals surface area contributed by atoms with Gasteiger partial charge in [0.2, 0.25) is 0 Å². The first-order chi connectivity index (χ1) is 8.24. The molecule has 0 fully saturated rings. The highest BCUT2D eigenvalue weighted by molar-refractivity contribution is 6.30. The van der Waals surface area contributed by atoms with E-state index in [0.29, 0.717) is 5.02 Å². The molecule has 0 radical (unpaired) electrons. The van der Waals surface area contributed by atoms with Crippen molar-refractivity contribution in [2.75, 3.05) is 5.43 Å².